The summed E-state index contributed by atoms with van der Waals surface area (Å²) in [5.74, 6) is 0.877. The van der Waals surface area contributed by atoms with Crippen molar-refractivity contribution in [3.8, 4) is 0 Å². The fraction of sp³-hybridized carbons (Fsp3) is 0.158. The molecule has 0 saturated heterocycles. The van der Waals surface area contributed by atoms with Crippen molar-refractivity contribution in [2.45, 2.75) is 13.0 Å². The zero-order valence-electron chi connectivity index (χ0n) is 13.4. The van der Waals surface area contributed by atoms with E-state index in [1.165, 1.54) is 23.3 Å². The number of nitrogens with one attached hydrogen (secondary N) is 1. The number of fused-ring (bicyclic) bond motifs is 1. The van der Waals surface area contributed by atoms with E-state index in [9.17, 15) is 4.39 Å². The second-order valence-electron chi connectivity index (χ2n) is 5.94. The van der Waals surface area contributed by atoms with Gasteiger partial charge in [0.25, 0.3) is 0 Å². The number of halogens is 2. The van der Waals surface area contributed by atoms with Gasteiger partial charge in [-0.25, -0.2) is 9.37 Å². The number of rotatable bonds is 3. The van der Waals surface area contributed by atoms with Crippen LogP contribution in [-0.2, 0) is 13.0 Å². The SMILES string of the molecule is Fc1ccc(Nc2ccnc(N3CCc4ccccc4C3)n2)cc1Cl. The molecular formula is C19H16ClFN4. The molecule has 4 rings (SSSR count). The van der Waals surface area contributed by atoms with Crippen LogP contribution in [0, 0.1) is 5.82 Å². The Balaban J connectivity index is 1.55. The normalized spacial score (nSPS) is 13.4. The van der Waals surface area contributed by atoms with E-state index in [4.69, 9.17) is 11.6 Å². The number of benzene rings is 2. The van der Waals surface area contributed by atoms with Gasteiger partial charge in [-0.05, 0) is 41.8 Å². The monoisotopic (exact) mass is 354 g/mol. The van der Waals surface area contributed by atoms with E-state index < -0.39 is 5.82 Å². The van der Waals surface area contributed by atoms with Gasteiger partial charge in [0.15, 0.2) is 0 Å². The third kappa shape index (κ3) is 3.42. The number of hydrogen-bond donors (Lipinski definition) is 1. The molecule has 2 heterocycles. The van der Waals surface area contributed by atoms with Gasteiger partial charge in [-0.1, -0.05) is 35.9 Å². The van der Waals surface area contributed by atoms with Crippen LogP contribution in [0.1, 0.15) is 11.1 Å². The van der Waals surface area contributed by atoms with Crippen molar-refractivity contribution in [3.05, 3.63) is 76.7 Å². The molecule has 1 aromatic heterocycles. The first kappa shape index (κ1) is 15.8. The lowest BCUT2D eigenvalue weighted by Crippen LogP contribution is -2.31. The van der Waals surface area contributed by atoms with E-state index in [1.54, 1.807) is 18.3 Å². The number of anilines is 3. The number of aromatic nitrogens is 2. The van der Waals surface area contributed by atoms with Crippen LogP contribution in [0.25, 0.3) is 0 Å². The van der Waals surface area contributed by atoms with Crippen LogP contribution in [0.2, 0.25) is 5.02 Å². The molecule has 0 fully saturated rings. The van der Waals surface area contributed by atoms with Crippen molar-refractivity contribution in [2.24, 2.45) is 0 Å². The zero-order valence-corrected chi connectivity index (χ0v) is 14.2. The van der Waals surface area contributed by atoms with Crippen LogP contribution < -0.4 is 10.2 Å². The van der Waals surface area contributed by atoms with Crippen molar-refractivity contribution >= 4 is 29.1 Å². The van der Waals surface area contributed by atoms with Crippen LogP contribution in [0.3, 0.4) is 0 Å². The Bertz CT molecular complexity index is 915. The predicted molar refractivity (Wildman–Crippen MR) is 97.9 cm³/mol. The highest BCUT2D eigenvalue weighted by molar-refractivity contribution is 6.31. The molecule has 1 aliphatic heterocycles. The Labute approximate surface area is 150 Å². The third-order valence-electron chi connectivity index (χ3n) is 4.25. The van der Waals surface area contributed by atoms with Crippen LogP contribution in [0.15, 0.2) is 54.7 Å². The standard InChI is InChI=1S/C19H16ClFN4/c20-16-11-15(5-6-17(16)21)23-18-7-9-22-19(24-18)25-10-8-13-3-1-2-4-14(13)12-25/h1-7,9,11H,8,10,12H2,(H,22,23,24). The van der Waals surface area contributed by atoms with E-state index in [-0.39, 0.29) is 5.02 Å². The lowest BCUT2D eigenvalue weighted by atomic mass is 10.0. The molecule has 4 nitrogen and oxygen atoms in total. The minimum atomic E-state index is -0.442. The van der Waals surface area contributed by atoms with Gasteiger partial charge in [0, 0.05) is 25.0 Å². The minimum Gasteiger partial charge on any atom is -0.340 e. The van der Waals surface area contributed by atoms with E-state index in [1.807, 2.05) is 0 Å². The van der Waals surface area contributed by atoms with Gasteiger partial charge >= 0.3 is 0 Å². The highest BCUT2D eigenvalue weighted by Gasteiger charge is 2.18. The van der Waals surface area contributed by atoms with E-state index in [2.05, 4.69) is 44.5 Å². The van der Waals surface area contributed by atoms with Crippen LogP contribution in [-0.4, -0.2) is 16.5 Å². The molecule has 0 aliphatic carbocycles. The minimum absolute atomic E-state index is 0.0758. The third-order valence-corrected chi connectivity index (χ3v) is 4.54. The lowest BCUT2D eigenvalue weighted by molar-refractivity contribution is 0.628. The first-order valence-electron chi connectivity index (χ1n) is 8.06. The average Bonchev–Trinajstić information content (AvgIpc) is 2.65. The van der Waals surface area contributed by atoms with Gasteiger partial charge in [0.1, 0.15) is 11.6 Å². The quantitative estimate of drug-likeness (QED) is 0.747. The molecule has 0 radical (unpaired) electrons. The Morgan fingerprint density at radius 1 is 1.08 bits per heavy atom. The summed E-state index contributed by atoms with van der Waals surface area (Å²) < 4.78 is 13.3. The number of hydrogen-bond acceptors (Lipinski definition) is 4. The Morgan fingerprint density at radius 2 is 1.92 bits per heavy atom. The van der Waals surface area contributed by atoms with E-state index in [0.717, 1.165) is 19.5 Å². The summed E-state index contributed by atoms with van der Waals surface area (Å²) in [4.78, 5) is 11.1. The summed E-state index contributed by atoms with van der Waals surface area (Å²) in [5.41, 5.74) is 3.37. The summed E-state index contributed by atoms with van der Waals surface area (Å²) in [5, 5.41) is 3.22. The topological polar surface area (TPSA) is 41.1 Å². The summed E-state index contributed by atoms with van der Waals surface area (Å²) in [7, 11) is 0. The Hall–Kier alpha value is -2.66. The summed E-state index contributed by atoms with van der Waals surface area (Å²) in [6, 6.07) is 14.7. The van der Waals surface area contributed by atoms with Crippen molar-refractivity contribution < 1.29 is 4.39 Å². The van der Waals surface area contributed by atoms with Gasteiger partial charge in [0.05, 0.1) is 5.02 Å². The van der Waals surface area contributed by atoms with Crippen LogP contribution in [0.5, 0.6) is 0 Å². The van der Waals surface area contributed by atoms with Gasteiger partial charge in [0.2, 0.25) is 5.95 Å². The second kappa shape index (κ2) is 6.69. The molecule has 2 aromatic carbocycles. The molecule has 0 atom stereocenters. The smallest absolute Gasteiger partial charge is 0.227 e. The maximum Gasteiger partial charge on any atom is 0.227 e. The predicted octanol–water partition coefficient (Wildman–Crippen LogP) is 4.58. The van der Waals surface area contributed by atoms with Crippen molar-refractivity contribution in [1.82, 2.24) is 9.97 Å². The second-order valence-corrected chi connectivity index (χ2v) is 6.34. The van der Waals surface area contributed by atoms with Gasteiger partial charge in [-0.2, -0.15) is 4.98 Å². The molecule has 1 aliphatic rings. The molecule has 0 spiro atoms. The van der Waals surface area contributed by atoms with Crippen molar-refractivity contribution in [2.75, 3.05) is 16.8 Å². The maximum absolute atomic E-state index is 13.3. The summed E-state index contributed by atoms with van der Waals surface area (Å²) in [6.07, 6.45) is 2.70. The van der Waals surface area contributed by atoms with Crippen molar-refractivity contribution in [3.63, 3.8) is 0 Å². The van der Waals surface area contributed by atoms with E-state index in [0.29, 0.717) is 17.5 Å². The van der Waals surface area contributed by atoms with Gasteiger partial charge < -0.3 is 10.2 Å². The fourth-order valence-corrected chi connectivity index (χ4v) is 3.14. The average molecular weight is 355 g/mol. The van der Waals surface area contributed by atoms with Gasteiger partial charge in [-0.15, -0.1) is 0 Å². The molecular weight excluding hydrogens is 339 g/mol. The highest BCUT2D eigenvalue weighted by atomic mass is 35.5. The molecule has 0 bridgehead atoms. The van der Waals surface area contributed by atoms with Gasteiger partial charge in [-0.3, -0.25) is 0 Å². The molecule has 3 aromatic rings. The molecule has 1 N–H and O–H groups in total. The Morgan fingerprint density at radius 3 is 2.76 bits per heavy atom. The molecule has 0 unspecified atom stereocenters. The lowest BCUT2D eigenvalue weighted by Gasteiger charge is -2.28. The Kier molecular flexibility index (Phi) is 4.24. The largest absolute Gasteiger partial charge is 0.340 e. The molecule has 6 heteroatoms. The van der Waals surface area contributed by atoms with Crippen LogP contribution >= 0.6 is 11.6 Å². The first-order valence-corrected chi connectivity index (χ1v) is 8.44. The first-order chi connectivity index (χ1) is 12.2. The highest BCUT2D eigenvalue weighted by Crippen LogP contribution is 2.25. The maximum atomic E-state index is 13.3. The van der Waals surface area contributed by atoms with E-state index >= 15 is 0 Å². The summed E-state index contributed by atoms with van der Waals surface area (Å²) >= 11 is 5.82. The molecule has 25 heavy (non-hydrogen) atoms. The zero-order chi connectivity index (χ0) is 17.2. The molecule has 0 saturated carbocycles. The van der Waals surface area contributed by atoms with Crippen molar-refractivity contribution in [1.29, 1.82) is 0 Å². The summed E-state index contributed by atoms with van der Waals surface area (Å²) in [6.45, 7) is 1.67. The van der Waals surface area contributed by atoms with Crippen LogP contribution in [0.4, 0.5) is 21.8 Å². The molecule has 0 amide bonds. The number of nitrogens with zero attached hydrogens (tertiary/aromatic N) is 3. The molecule has 126 valence electrons. The fourth-order valence-electron chi connectivity index (χ4n) is 2.96.